The monoisotopic (exact) mass is 279 g/mol. The van der Waals surface area contributed by atoms with Crippen molar-refractivity contribution in [2.45, 2.75) is 13.3 Å². The van der Waals surface area contributed by atoms with Crippen LogP contribution in [-0.2, 0) is 13.5 Å². The van der Waals surface area contributed by atoms with Gasteiger partial charge in [0.1, 0.15) is 0 Å². The molecule has 0 saturated heterocycles. The number of hydrogen-bond acceptors (Lipinski definition) is 6. The van der Waals surface area contributed by atoms with Crippen molar-refractivity contribution >= 4 is 38.2 Å². The Morgan fingerprint density at radius 2 is 2.33 bits per heavy atom. The molecule has 1 N–H and O–H groups in total. The third kappa shape index (κ3) is 2.11. The number of rotatable bonds is 4. The van der Waals surface area contributed by atoms with Gasteiger partial charge in [0.15, 0.2) is 10.8 Å². The van der Waals surface area contributed by atoms with Gasteiger partial charge in [-0.1, -0.05) is 11.3 Å². The molecule has 0 bridgehead atoms. The van der Waals surface area contributed by atoms with Crippen molar-refractivity contribution in [2.75, 3.05) is 11.9 Å². The van der Waals surface area contributed by atoms with E-state index in [4.69, 9.17) is 0 Å². The molecular weight excluding hydrogens is 266 g/mol. The first-order chi connectivity index (χ1) is 8.74. The number of fused-ring (bicyclic) bond motifs is 1. The molecule has 0 aliphatic heterocycles. The highest BCUT2D eigenvalue weighted by atomic mass is 32.1. The Morgan fingerprint density at radius 3 is 3.06 bits per heavy atom. The molecule has 0 aliphatic rings. The number of thiazole rings is 2. The molecule has 0 radical (unpaired) electrons. The average Bonchev–Trinajstić information content (AvgIpc) is 3.01. The second kappa shape index (κ2) is 4.66. The Labute approximate surface area is 113 Å². The zero-order chi connectivity index (χ0) is 12.5. The van der Waals surface area contributed by atoms with Gasteiger partial charge in [-0.05, 0) is 6.92 Å². The molecule has 0 fully saturated rings. The smallest absolute Gasteiger partial charge is 0.185 e. The normalized spacial score (nSPS) is 11.2. The number of aryl methyl sites for hydroxylation is 2. The van der Waals surface area contributed by atoms with Crippen LogP contribution in [0.3, 0.4) is 0 Å². The van der Waals surface area contributed by atoms with Crippen molar-refractivity contribution in [1.29, 1.82) is 0 Å². The van der Waals surface area contributed by atoms with Gasteiger partial charge in [-0.3, -0.25) is 0 Å². The summed E-state index contributed by atoms with van der Waals surface area (Å²) in [7, 11) is 1.93. The van der Waals surface area contributed by atoms with Crippen LogP contribution in [0.15, 0.2) is 11.6 Å². The third-order valence-electron chi connectivity index (χ3n) is 2.64. The minimum Gasteiger partial charge on any atom is -0.361 e. The van der Waals surface area contributed by atoms with Crippen molar-refractivity contribution < 1.29 is 0 Å². The van der Waals surface area contributed by atoms with Crippen molar-refractivity contribution in [2.24, 2.45) is 7.05 Å². The Bertz CT molecular complexity index is 618. The minimum absolute atomic E-state index is 0.861. The van der Waals surface area contributed by atoms with E-state index in [9.17, 15) is 0 Å². The molecule has 0 aromatic carbocycles. The van der Waals surface area contributed by atoms with Gasteiger partial charge >= 0.3 is 0 Å². The first-order valence-electron chi connectivity index (χ1n) is 5.66. The van der Waals surface area contributed by atoms with Crippen LogP contribution in [0.1, 0.15) is 10.7 Å². The maximum absolute atomic E-state index is 4.54. The average molecular weight is 279 g/mol. The summed E-state index contributed by atoms with van der Waals surface area (Å²) in [6.07, 6.45) is 2.78. The minimum atomic E-state index is 0.861. The van der Waals surface area contributed by atoms with Crippen molar-refractivity contribution in [3.8, 4) is 0 Å². The van der Waals surface area contributed by atoms with Crippen LogP contribution in [-0.4, -0.2) is 26.3 Å². The summed E-state index contributed by atoms with van der Waals surface area (Å²) in [6.45, 7) is 2.87. The fraction of sp³-hybridized carbons (Fsp3) is 0.364. The standard InChI is InChI=1S/C11H13N5S2/c1-7-9-10(16(2)15-7)14-11(18-9)13-4-3-8-12-5-6-17-8/h5-6H,3-4H2,1-2H3,(H,13,14). The molecule has 0 amide bonds. The fourth-order valence-corrected chi connectivity index (χ4v) is 3.39. The lowest BCUT2D eigenvalue weighted by Crippen LogP contribution is -2.04. The van der Waals surface area contributed by atoms with E-state index in [1.165, 1.54) is 0 Å². The molecule has 3 aromatic heterocycles. The highest BCUT2D eigenvalue weighted by Gasteiger charge is 2.11. The number of nitrogens with one attached hydrogen (secondary N) is 1. The lowest BCUT2D eigenvalue weighted by atomic mass is 10.4. The second-order valence-corrected chi connectivity index (χ2v) is 5.96. The Kier molecular flexibility index (Phi) is 3.00. The lowest BCUT2D eigenvalue weighted by molar-refractivity contribution is 0.774. The quantitative estimate of drug-likeness (QED) is 0.797. The SMILES string of the molecule is Cc1nn(C)c2nc(NCCc3nccs3)sc12. The van der Waals surface area contributed by atoms with Crippen LogP contribution < -0.4 is 5.32 Å². The largest absolute Gasteiger partial charge is 0.361 e. The van der Waals surface area contributed by atoms with Gasteiger partial charge in [0.05, 0.1) is 15.4 Å². The van der Waals surface area contributed by atoms with E-state index in [1.54, 1.807) is 22.7 Å². The fourth-order valence-electron chi connectivity index (χ4n) is 1.81. The Morgan fingerprint density at radius 1 is 1.44 bits per heavy atom. The zero-order valence-corrected chi connectivity index (χ0v) is 11.8. The van der Waals surface area contributed by atoms with Gasteiger partial charge in [0, 0.05) is 31.6 Å². The van der Waals surface area contributed by atoms with E-state index in [2.05, 4.69) is 20.4 Å². The molecule has 0 unspecified atom stereocenters. The molecule has 0 atom stereocenters. The predicted molar refractivity (Wildman–Crippen MR) is 75.4 cm³/mol. The summed E-state index contributed by atoms with van der Waals surface area (Å²) in [5.74, 6) is 0. The molecule has 3 heterocycles. The van der Waals surface area contributed by atoms with Crippen molar-refractivity contribution in [3.05, 3.63) is 22.3 Å². The van der Waals surface area contributed by atoms with Crippen LogP contribution >= 0.6 is 22.7 Å². The summed E-state index contributed by atoms with van der Waals surface area (Å²) in [4.78, 5) is 8.80. The van der Waals surface area contributed by atoms with Crippen molar-refractivity contribution in [1.82, 2.24) is 19.7 Å². The number of nitrogens with zero attached hydrogens (tertiary/aromatic N) is 4. The van der Waals surface area contributed by atoms with E-state index in [-0.39, 0.29) is 0 Å². The van der Waals surface area contributed by atoms with Crippen LogP contribution in [0.25, 0.3) is 10.3 Å². The van der Waals surface area contributed by atoms with E-state index in [0.29, 0.717) is 0 Å². The summed E-state index contributed by atoms with van der Waals surface area (Å²) in [5, 5.41) is 11.8. The molecule has 0 saturated carbocycles. The maximum atomic E-state index is 4.54. The molecule has 3 rings (SSSR count). The zero-order valence-electron chi connectivity index (χ0n) is 10.2. The predicted octanol–water partition coefficient (Wildman–Crippen LogP) is 2.45. The van der Waals surface area contributed by atoms with Gasteiger partial charge in [-0.15, -0.1) is 11.3 Å². The molecule has 5 nitrogen and oxygen atoms in total. The third-order valence-corrected chi connectivity index (χ3v) is 4.59. The van der Waals surface area contributed by atoms with Gasteiger partial charge in [0.25, 0.3) is 0 Å². The molecule has 7 heteroatoms. The summed E-state index contributed by atoms with van der Waals surface area (Å²) >= 11 is 3.35. The van der Waals surface area contributed by atoms with E-state index in [1.807, 2.05) is 30.2 Å². The maximum Gasteiger partial charge on any atom is 0.185 e. The first-order valence-corrected chi connectivity index (χ1v) is 7.36. The molecule has 0 spiro atoms. The first kappa shape index (κ1) is 11.6. The summed E-state index contributed by atoms with van der Waals surface area (Å²) in [5.41, 5.74) is 1.99. The Hall–Kier alpha value is -1.47. The van der Waals surface area contributed by atoms with Crippen LogP contribution in [0.5, 0.6) is 0 Å². The summed E-state index contributed by atoms with van der Waals surface area (Å²) in [6, 6.07) is 0. The number of hydrogen-bond donors (Lipinski definition) is 1. The molecule has 94 valence electrons. The molecular formula is C11H13N5S2. The lowest BCUT2D eigenvalue weighted by Gasteiger charge is -1.99. The van der Waals surface area contributed by atoms with Crippen LogP contribution in [0.2, 0.25) is 0 Å². The molecule has 18 heavy (non-hydrogen) atoms. The van der Waals surface area contributed by atoms with Crippen LogP contribution in [0, 0.1) is 6.92 Å². The topological polar surface area (TPSA) is 55.6 Å². The van der Waals surface area contributed by atoms with Gasteiger partial charge in [0.2, 0.25) is 0 Å². The second-order valence-electron chi connectivity index (χ2n) is 3.98. The van der Waals surface area contributed by atoms with E-state index >= 15 is 0 Å². The van der Waals surface area contributed by atoms with E-state index < -0.39 is 0 Å². The van der Waals surface area contributed by atoms with Gasteiger partial charge in [-0.2, -0.15) is 5.10 Å². The van der Waals surface area contributed by atoms with Gasteiger partial charge in [-0.25, -0.2) is 14.6 Å². The highest BCUT2D eigenvalue weighted by Crippen LogP contribution is 2.27. The Balaban J connectivity index is 1.69. The number of aromatic nitrogens is 4. The highest BCUT2D eigenvalue weighted by molar-refractivity contribution is 7.22. The van der Waals surface area contributed by atoms with E-state index in [0.717, 1.165) is 39.1 Å². The van der Waals surface area contributed by atoms with Crippen LogP contribution in [0.4, 0.5) is 5.13 Å². The van der Waals surface area contributed by atoms with Crippen molar-refractivity contribution in [3.63, 3.8) is 0 Å². The summed E-state index contributed by atoms with van der Waals surface area (Å²) < 4.78 is 2.99. The van der Waals surface area contributed by atoms with Gasteiger partial charge < -0.3 is 5.32 Å². The molecule has 0 aliphatic carbocycles. The number of anilines is 1. The molecule has 3 aromatic rings.